The van der Waals surface area contributed by atoms with Gasteiger partial charge in [0.1, 0.15) is 5.75 Å². The van der Waals surface area contributed by atoms with Gasteiger partial charge < -0.3 is 14.6 Å². The molecule has 0 unspecified atom stereocenters. The van der Waals surface area contributed by atoms with Gasteiger partial charge in [0, 0.05) is 18.7 Å². The molecule has 2 aromatic carbocycles. The van der Waals surface area contributed by atoms with E-state index >= 15 is 0 Å². The fraction of sp³-hybridized carbons (Fsp3) is 0.333. The van der Waals surface area contributed by atoms with E-state index in [0.29, 0.717) is 11.5 Å². The van der Waals surface area contributed by atoms with E-state index in [-0.39, 0.29) is 18.1 Å². The molecule has 0 aliphatic carbocycles. The first-order valence-corrected chi connectivity index (χ1v) is 9.36. The topological polar surface area (TPSA) is 70.4 Å². The molecule has 2 N–H and O–H groups in total. The number of aromatic nitrogens is 2. The summed E-state index contributed by atoms with van der Waals surface area (Å²) in [6.07, 6.45) is 0.103. The Hall–Kier alpha value is -2.86. The number of amides is 1. The van der Waals surface area contributed by atoms with Crippen molar-refractivity contribution < 1.29 is 9.90 Å². The minimum Gasteiger partial charge on any atom is -0.508 e. The lowest BCUT2D eigenvalue weighted by molar-refractivity contribution is -0.115. The maximum atomic E-state index is 12.5. The molecule has 0 aliphatic rings. The number of carbonyl (C=O) groups is 1. The van der Waals surface area contributed by atoms with E-state index in [4.69, 9.17) is 0 Å². The molecule has 1 aromatic heterocycles. The number of nitrogens with one attached hydrogen (secondary N) is 1. The molecule has 0 atom stereocenters. The Morgan fingerprint density at radius 2 is 1.81 bits per heavy atom. The Kier molecular flexibility index (Phi) is 6.08. The summed E-state index contributed by atoms with van der Waals surface area (Å²) in [7, 11) is 0. The number of anilines is 1. The highest BCUT2D eigenvalue weighted by atomic mass is 16.3. The summed E-state index contributed by atoms with van der Waals surface area (Å²) in [5, 5.41) is 12.8. The molecule has 6 nitrogen and oxygen atoms in total. The number of rotatable bonds is 8. The standard InChI is InChI=1S/C21H26N4O2/c1-3-24(4-2)13-14-25-18-11-7-6-10-17(18)22-21(25)23-20(27)15-16-9-5-8-12-19(16)26/h5-12,26H,3-4,13-15H2,1-2H3,(H,22,23,27). The monoisotopic (exact) mass is 366 g/mol. The number of hydrogen-bond donors (Lipinski definition) is 2. The number of benzene rings is 2. The van der Waals surface area contributed by atoms with Crippen LogP contribution in [-0.4, -0.2) is 45.1 Å². The SMILES string of the molecule is CCN(CC)CCn1c(NC(=O)Cc2ccccc2O)nc2ccccc21. The molecule has 1 heterocycles. The highest BCUT2D eigenvalue weighted by molar-refractivity contribution is 5.93. The van der Waals surface area contributed by atoms with Crippen molar-refractivity contribution in [1.82, 2.24) is 14.5 Å². The van der Waals surface area contributed by atoms with Crippen LogP contribution >= 0.6 is 0 Å². The van der Waals surface area contributed by atoms with Crippen LogP contribution < -0.4 is 5.32 Å². The van der Waals surface area contributed by atoms with E-state index in [0.717, 1.165) is 37.2 Å². The van der Waals surface area contributed by atoms with Crippen LogP contribution in [0.1, 0.15) is 19.4 Å². The van der Waals surface area contributed by atoms with E-state index in [2.05, 4.69) is 33.6 Å². The number of imidazole rings is 1. The van der Waals surface area contributed by atoms with Crippen molar-refractivity contribution in [1.29, 1.82) is 0 Å². The first-order valence-electron chi connectivity index (χ1n) is 9.36. The zero-order valence-corrected chi connectivity index (χ0v) is 15.9. The van der Waals surface area contributed by atoms with Gasteiger partial charge in [0.2, 0.25) is 11.9 Å². The average Bonchev–Trinajstić information content (AvgIpc) is 3.01. The van der Waals surface area contributed by atoms with Crippen molar-refractivity contribution in [3.8, 4) is 5.75 Å². The normalized spacial score (nSPS) is 11.2. The van der Waals surface area contributed by atoms with Gasteiger partial charge in [0.05, 0.1) is 17.5 Å². The number of likely N-dealkylation sites (N-methyl/N-ethyl adjacent to an activating group) is 1. The van der Waals surface area contributed by atoms with Crippen molar-refractivity contribution in [3.05, 3.63) is 54.1 Å². The number of phenolic OH excluding ortho intramolecular Hbond substituents is 1. The molecule has 0 saturated carbocycles. The van der Waals surface area contributed by atoms with Gasteiger partial charge in [0.15, 0.2) is 0 Å². The van der Waals surface area contributed by atoms with Gasteiger partial charge >= 0.3 is 0 Å². The van der Waals surface area contributed by atoms with Crippen LogP contribution in [0.5, 0.6) is 5.75 Å². The summed E-state index contributed by atoms with van der Waals surface area (Å²) >= 11 is 0. The lowest BCUT2D eigenvalue weighted by atomic mass is 10.1. The van der Waals surface area contributed by atoms with Crippen LogP contribution in [0.25, 0.3) is 11.0 Å². The Morgan fingerprint density at radius 3 is 2.56 bits per heavy atom. The van der Waals surface area contributed by atoms with Crippen molar-refractivity contribution >= 4 is 22.9 Å². The Morgan fingerprint density at radius 1 is 1.11 bits per heavy atom. The van der Waals surface area contributed by atoms with E-state index < -0.39 is 0 Å². The van der Waals surface area contributed by atoms with Crippen LogP contribution in [0.2, 0.25) is 0 Å². The van der Waals surface area contributed by atoms with E-state index in [1.165, 1.54) is 0 Å². The summed E-state index contributed by atoms with van der Waals surface area (Å²) in [6, 6.07) is 14.8. The maximum Gasteiger partial charge on any atom is 0.231 e. The number of aromatic hydroxyl groups is 1. The molecule has 1 amide bonds. The first-order chi connectivity index (χ1) is 13.1. The van der Waals surface area contributed by atoms with Crippen molar-refractivity contribution in [2.75, 3.05) is 25.0 Å². The van der Waals surface area contributed by atoms with Crippen molar-refractivity contribution in [3.63, 3.8) is 0 Å². The van der Waals surface area contributed by atoms with Gasteiger partial charge in [0.25, 0.3) is 0 Å². The van der Waals surface area contributed by atoms with Crippen LogP contribution in [0, 0.1) is 0 Å². The quantitative estimate of drug-likeness (QED) is 0.642. The number of fused-ring (bicyclic) bond motifs is 1. The van der Waals surface area contributed by atoms with Crippen LogP contribution in [0.4, 0.5) is 5.95 Å². The van der Waals surface area contributed by atoms with Gasteiger partial charge in [-0.05, 0) is 31.3 Å². The summed E-state index contributed by atoms with van der Waals surface area (Å²) < 4.78 is 2.05. The fourth-order valence-corrected chi connectivity index (χ4v) is 3.18. The lowest BCUT2D eigenvalue weighted by Crippen LogP contribution is -2.28. The molecule has 6 heteroatoms. The third-order valence-electron chi connectivity index (χ3n) is 4.78. The number of hydrogen-bond acceptors (Lipinski definition) is 4. The fourth-order valence-electron chi connectivity index (χ4n) is 3.18. The lowest BCUT2D eigenvalue weighted by Gasteiger charge is -2.19. The smallest absolute Gasteiger partial charge is 0.231 e. The maximum absolute atomic E-state index is 12.5. The summed E-state index contributed by atoms with van der Waals surface area (Å²) in [5.41, 5.74) is 2.46. The first kappa shape index (κ1) is 18.9. The highest BCUT2D eigenvalue weighted by Gasteiger charge is 2.15. The second kappa shape index (κ2) is 8.68. The number of phenols is 1. The summed E-state index contributed by atoms with van der Waals surface area (Å²) in [5.74, 6) is 0.474. The zero-order chi connectivity index (χ0) is 19.2. The van der Waals surface area contributed by atoms with Gasteiger partial charge in [-0.15, -0.1) is 0 Å². The molecule has 27 heavy (non-hydrogen) atoms. The number of nitrogens with zero attached hydrogens (tertiary/aromatic N) is 3. The van der Waals surface area contributed by atoms with Crippen LogP contribution in [-0.2, 0) is 17.8 Å². The molecule has 3 aromatic rings. The van der Waals surface area contributed by atoms with Crippen molar-refractivity contribution in [2.24, 2.45) is 0 Å². The molecule has 3 rings (SSSR count). The van der Waals surface area contributed by atoms with Gasteiger partial charge in [-0.3, -0.25) is 10.1 Å². The second-order valence-electron chi connectivity index (χ2n) is 6.46. The zero-order valence-electron chi connectivity index (χ0n) is 15.9. The van der Waals surface area contributed by atoms with Crippen LogP contribution in [0.15, 0.2) is 48.5 Å². The summed E-state index contributed by atoms with van der Waals surface area (Å²) in [6.45, 7) is 7.88. The predicted molar refractivity (Wildman–Crippen MR) is 108 cm³/mol. The van der Waals surface area contributed by atoms with Gasteiger partial charge in [-0.25, -0.2) is 4.98 Å². The average molecular weight is 366 g/mol. The minimum absolute atomic E-state index is 0.103. The Labute approximate surface area is 159 Å². The number of carbonyl (C=O) groups excluding carboxylic acids is 1. The summed E-state index contributed by atoms with van der Waals surface area (Å²) in [4.78, 5) is 19.5. The predicted octanol–water partition coefficient (Wildman–Crippen LogP) is 3.26. The van der Waals surface area contributed by atoms with E-state index in [1.54, 1.807) is 18.2 Å². The molecule has 142 valence electrons. The molecule has 0 saturated heterocycles. The molecule has 0 spiro atoms. The highest BCUT2D eigenvalue weighted by Crippen LogP contribution is 2.21. The minimum atomic E-state index is -0.198. The van der Waals surface area contributed by atoms with Gasteiger partial charge in [-0.2, -0.15) is 0 Å². The molecular weight excluding hydrogens is 340 g/mol. The van der Waals surface area contributed by atoms with Crippen molar-refractivity contribution in [2.45, 2.75) is 26.8 Å². The third kappa shape index (κ3) is 4.46. The molecule has 0 fully saturated rings. The van der Waals surface area contributed by atoms with Gasteiger partial charge in [-0.1, -0.05) is 44.2 Å². The Balaban J connectivity index is 1.81. The molecule has 0 aliphatic heterocycles. The molecule has 0 radical (unpaired) electrons. The molecular formula is C21H26N4O2. The third-order valence-corrected chi connectivity index (χ3v) is 4.78. The molecule has 0 bridgehead atoms. The number of para-hydroxylation sites is 3. The van der Waals surface area contributed by atoms with E-state index in [9.17, 15) is 9.90 Å². The second-order valence-corrected chi connectivity index (χ2v) is 6.46. The largest absolute Gasteiger partial charge is 0.508 e. The van der Waals surface area contributed by atoms with Crippen LogP contribution in [0.3, 0.4) is 0 Å². The Bertz CT molecular complexity index is 915. The van der Waals surface area contributed by atoms with E-state index in [1.807, 2.05) is 30.3 Å².